The van der Waals surface area contributed by atoms with Gasteiger partial charge in [0, 0.05) is 22.0 Å². The van der Waals surface area contributed by atoms with Crippen LogP contribution in [0.4, 0.5) is 11.6 Å². The number of methoxy groups -OCH3 is 2. The maximum atomic E-state index is 12.7. The fourth-order valence-electron chi connectivity index (χ4n) is 3.06. The molecule has 2 N–H and O–H groups in total. The number of thioether (sulfide) groups is 1. The predicted octanol–water partition coefficient (Wildman–Crippen LogP) is 4.03. The highest BCUT2D eigenvalue weighted by atomic mass is 32.2. The summed E-state index contributed by atoms with van der Waals surface area (Å²) in [6.07, 6.45) is 0. The molecule has 0 spiro atoms. The van der Waals surface area contributed by atoms with Gasteiger partial charge in [0.2, 0.25) is 11.9 Å². The molecule has 3 aromatic rings. The van der Waals surface area contributed by atoms with Gasteiger partial charge in [-0.3, -0.25) is 4.79 Å². The number of anilines is 2. The second-order valence-electron chi connectivity index (χ2n) is 7.37. The highest BCUT2D eigenvalue weighted by Crippen LogP contribution is 2.33. The molecule has 0 aliphatic carbocycles. The van der Waals surface area contributed by atoms with Crippen molar-refractivity contribution >= 4 is 39.3 Å². The Kier molecular flexibility index (Phi) is 8.00. The molecule has 1 amide bonds. The molecule has 0 aliphatic rings. The summed E-state index contributed by atoms with van der Waals surface area (Å²) in [6, 6.07) is 13.1. The van der Waals surface area contributed by atoms with Crippen LogP contribution in [0, 0.1) is 13.8 Å². The van der Waals surface area contributed by atoms with E-state index >= 15 is 0 Å². The molecule has 9 nitrogen and oxygen atoms in total. The number of amides is 1. The van der Waals surface area contributed by atoms with Gasteiger partial charge in [0.05, 0.1) is 24.4 Å². The Balaban J connectivity index is 1.64. The number of carbonyl (C=O) groups excluding carboxylic acids is 1. The topological polar surface area (TPSA) is 120 Å². The lowest BCUT2D eigenvalue weighted by molar-refractivity contribution is -0.115. The number of sulfonamides is 1. The molecule has 0 unspecified atom stereocenters. The quantitative estimate of drug-likeness (QED) is 0.421. The van der Waals surface area contributed by atoms with Crippen molar-refractivity contribution in [3.8, 4) is 11.5 Å². The van der Waals surface area contributed by atoms with Crippen LogP contribution in [0.1, 0.15) is 18.3 Å². The Hall–Kier alpha value is -3.31. The summed E-state index contributed by atoms with van der Waals surface area (Å²) in [6.45, 7) is 5.30. The van der Waals surface area contributed by atoms with Gasteiger partial charge in [-0.25, -0.2) is 23.1 Å². The zero-order valence-electron chi connectivity index (χ0n) is 19.4. The molecule has 0 saturated heterocycles. The van der Waals surface area contributed by atoms with Crippen molar-refractivity contribution in [1.82, 2.24) is 9.97 Å². The van der Waals surface area contributed by atoms with Crippen LogP contribution in [0.15, 0.2) is 58.3 Å². The predicted molar refractivity (Wildman–Crippen MR) is 132 cm³/mol. The number of aryl methyl sites for hydroxylation is 2. The highest BCUT2D eigenvalue weighted by Gasteiger charge is 2.18. The van der Waals surface area contributed by atoms with E-state index in [0.717, 1.165) is 4.90 Å². The number of hydrogen-bond acceptors (Lipinski definition) is 8. The van der Waals surface area contributed by atoms with Crippen LogP contribution in [0.5, 0.6) is 11.5 Å². The number of rotatable bonds is 9. The Morgan fingerprint density at radius 3 is 2.15 bits per heavy atom. The van der Waals surface area contributed by atoms with Gasteiger partial charge in [0.1, 0.15) is 0 Å². The second-order valence-corrected chi connectivity index (χ2v) is 10.5. The lowest BCUT2D eigenvalue weighted by Crippen LogP contribution is -2.22. The number of ether oxygens (including phenoxy) is 2. The Morgan fingerprint density at radius 2 is 1.56 bits per heavy atom. The van der Waals surface area contributed by atoms with E-state index in [-0.39, 0.29) is 16.8 Å². The van der Waals surface area contributed by atoms with Crippen LogP contribution in [-0.2, 0) is 14.8 Å². The molecule has 11 heteroatoms. The normalized spacial score (nSPS) is 12.0. The molecule has 0 bridgehead atoms. The molecule has 0 fully saturated rings. The Labute approximate surface area is 203 Å². The van der Waals surface area contributed by atoms with Crippen LogP contribution in [-0.4, -0.2) is 43.8 Å². The number of nitrogens with zero attached hydrogens (tertiary/aromatic N) is 2. The smallest absolute Gasteiger partial charge is 0.264 e. The van der Waals surface area contributed by atoms with Gasteiger partial charge in [0.25, 0.3) is 10.0 Å². The van der Waals surface area contributed by atoms with Crippen molar-refractivity contribution in [3.63, 3.8) is 0 Å². The van der Waals surface area contributed by atoms with Gasteiger partial charge in [-0.1, -0.05) is 0 Å². The molecule has 1 heterocycles. The second kappa shape index (κ2) is 10.7. The first-order chi connectivity index (χ1) is 16.1. The molecule has 2 aromatic carbocycles. The molecule has 0 radical (unpaired) electrons. The molecule has 3 rings (SSSR count). The first kappa shape index (κ1) is 25.3. The highest BCUT2D eigenvalue weighted by molar-refractivity contribution is 8.00. The third-order valence-electron chi connectivity index (χ3n) is 4.68. The lowest BCUT2D eigenvalue weighted by atomic mass is 10.3. The van der Waals surface area contributed by atoms with Crippen molar-refractivity contribution in [2.24, 2.45) is 0 Å². The maximum absolute atomic E-state index is 12.7. The van der Waals surface area contributed by atoms with E-state index in [1.54, 1.807) is 53.2 Å². The summed E-state index contributed by atoms with van der Waals surface area (Å²) in [4.78, 5) is 21.7. The maximum Gasteiger partial charge on any atom is 0.264 e. The fourth-order valence-corrected chi connectivity index (χ4v) is 4.90. The van der Waals surface area contributed by atoms with E-state index in [1.807, 2.05) is 6.07 Å². The molecular formula is C23H26N4O5S2. The largest absolute Gasteiger partial charge is 0.493 e. The zero-order valence-corrected chi connectivity index (χ0v) is 21.1. The van der Waals surface area contributed by atoms with Crippen molar-refractivity contribution in [2.75, 3.05) is 24.3 Å². The van der Waals surface area contributed by atoms with Crippen LogP contribution < -0.4 is 19.5 Å². The van der Waals surface area contributed by atoms with Gasteiger partial charge in [-0.05, 0) is 69.3 Å². The molecule has 0 aliphatic heterocycles. The van der Waals surface area contributed by atoms with Crippen LogP contribution in [0.3, 0.4) is 0 Å². The number of aromatic nitrogens is 2. The summed E-state index contributed by atoms with van der Waals surface area (Å²) in [5.41, 5.74) is 1.79. The average molecular weight is 503 g/mol. The van der Waals surface area contributed by atoms with E-state index in [4.69, 9.17) is 9.47 Å². The third kappa shape index (κ3) is 6.39. The van der Waals surface area contributed by atoms with E-state index in [1.165, 1.54) is 36.0 Å². The number of carbonyl (C=O) groups is 1. The van der Waals surface area contributed by atoms with E-state index in [0.29, 0.717) is 28.6 Å². The summed E-state index contributed by atoms with van der Waals surface area (Å²) >= 11 is 1.36. The van der Waals surface area contributed by atoms with Crippen LogP contribution in [0.2, 0.25) is 0 Å². The Bertz CT molecular complexity index is 1260. The molecular weight excluding hydrogens is 476 g/mol. The van der Waals surface area contributed by atoms with Gasteiger partial charge in [-0.2, -0.15) is 0 Å². The van der Waals surface area contributed by atoms with Crippen molar-refractivity contribution in [1.29, 1.82) is 0 Å². The molecule has 1 aromatic heterocycles. The van der Waals surface area contributed by atoms with Crippen LogP contribution >= 0.6 is 11.8 Å². The van der Waals surface area contributed by atoms with Gasteiger partial charge < -0.3 is 14.8 Å². The average Bonchev–Trinajstić information content (AvgIpc) is 2.78. The van der Waals surface area contributed by atoms with E-state index < -0.39 is 15.3 Å². The van der Waals surface area contributed by atoms with Gasteiger partial charge >= 0.3 is 0 Å². The number of hydrogen-bond donors (Lipinski definition) is 2. The summed E-state index contributed by atoms with van der Waals surface area (Å²) in [5.74, 6) is 0.974. The Morgan fingerprint density at radius 1 is 0.941 bits per heavy atom. The minimum Gasteiger partial charge on any atom is -0.493 e. The number of nitrogens with one attached hydrogen (secondary N) is 2. The fraction of sp³-hybridized carbons (Fsp3) is 0.261. The minimum atomic E-state index is -3.88. The van der Waals surface area contributed by atoms with Gasteiger partial charge in [0.15, 0.2) is 11.5 Å². The van der Waals surface area contributed by atoms with Crippen molar-refractivity contribution in [3.05, 3.63) is 59.9 Å². The molecule has 0 saturated carbocycles. The summed E-state index contributed by atoms with van der Waals surface area (Å²) in [7, 11) is -0.763. The molecule has 34 heavy (non-hydrogen) atoms. The summed E-state index contributed by atoms with van der Waals surface area (Å²) in [5, 5.41) is 2.39. The first-order valence-corrected chi connectivity index (χ1v) is 12.6. The van der Waals surface area contributed by atoms with E-state index in [2.05, 4.69) is 20.0 Å². The zero-order chi connectivity index (χ0) is 24.9. The van der Waals surface area contributed by atoms with E-state index in [9.17, 15) is 13.2 Å². The monoisotopic (exact) mass is 502 g/mol. The van der Waals surface area contributed by atoms with Crippen molar-refractivity contribution in [2.45, 2.75) is 35.8 Å². The first-order valence-electron chi connectivity index (χ1n) is 10.3. The molecule has 180 valence electrons. The standard InChI is InChI=1S/C23H26N4O5S2/c1-14-12-15(2)25-23(24-14)27-34(29,30)19-9-6-17(7-10-19)26-22(28)16(3)33-18-8-11-20(31-4)21(13-18)32-5/h6-13,16H,1-5H3,(H,26,28)(H,24,25,27)/t16-/m1/s1. The SMILES string of the molecule is COc1ccc(S[C@H](C)C(=O)Nc2ccc(S(=O)(=O)Nc3nc(C)cc(C)n3)cc2)cc1OC. The third-order valence-corrected chi connectivity index (χ3v) is 7.11. The van der Waals surface area contributed by atoms with Crippen LogP contribution in [0.25, 0.3) is 0 Å². The minimum absolute atomic E-state index is 0.0101. The lowest BCUT2D eigenvalue weighted by Gasteiger charge is -2.14. The number of benzene rings is 2. The summed E-state index contributed by atoms with van der Waals surface area (Å²) < 4.78 is 38.2. The van der Waals surface area contributed by atoms with Gasteiger partial charge in [-0.15, -0.1) is 11.8 Å². The molecule has 1 atom stereocenters. The van der Waals surface area contributed by atoms with Crippen molar-refractivity contribution < 1.29 is 22.7 Å².